The van der Waals surface area contributed by atoms with E-state index >= 15 is 0 Å². The van der Waals surface area contributed by atoms with Gasteiger partial charge in [-0.3, -0.25) is 4.68 Å². The Morgan fingerprint density at radius 2 is 2.18 bits per heavy atom. The van der Waals surface area contributed by atoms with E-state index in [2.05, 4.69) is 26.0 Å². The van der Waals surface area contributed by atoms with Crippen LogP contribution in [0.4, 0.5) is 8.78 Å². The maximum atomic E-state index is 12.1. The van der Waals surface area contributed by atoms with Gasteiger partial charge < -0.3 is 4.74 Å². The number of aromatic nitrogens is 3. The molecule has 90 valence electrons. The first kappa shape index (κ1) is 12.0. The summed E-state index contributed by atoms with van der Waals surface area (Å²) in [5.74, 6) is 0.755. The van der Waals surface area contributed by atoms with E-state index in [4.69, 9.17) is 4.74 Å². The van der Waals surface area contributed by atoms with E-state index in [1.165, 1.54) is 12.4 Å². The van der Waals surface area contributed by atoms with Crippen molar-refractivity contribution in [1.82, 2.24) is 14.8 Å². The van der Waals surface area contributed by atoms with Crippen molar-refractivity contribution in [3.63, 3.8) is 0 Å². The Kier molecular flexibility index (Phi) is 3.68. The number of rotatable bonds is 4. The summed E-state index contributed by atoms with van der Waals surface area (Å²) in [6, 6.07) is 3.43. The first-order valence-electron chi connectivity index (χ1n) is 4.73. The molecule has 0 fully saturated rings. The van der Waals surface area contributed by atoms with E-state index in [9.17, 15) is 8.78 Å². The fraction of sp³-hybridized carbons (Fsp3) is 0.200. The number of halogens is 3. The molecule has 0 atom stereocenters. The third-order valence-corrected chi connectivity index (χ3v) is 2.33. The Morgan fingerprint density at radius 1 is 1.35 bits per heavy atom. The molecule has 2 rings (SSSR count). The van der Waals surface area contributed by atoms with Crippen molar-refractivity contribution in [3.8, 4) is 11.6 Å². The fourth-order valence-electron chi connectivity index (χ4n) is 1.18. The molecule has 0 spiro atoms. The smallest absolute Gasteiger partial charge is 0.257 e. The van der Waals surface area contributed by atoms with E-state index in [0.717, 1.165) is 9.15 Å². The van der Waals surface area contributed by atoms with Crippen LogP contribution in [0, 0.1) is 0 Å². The highest BCUT2D eigenvalue weighted by Crippen LogP contribution is 2.20. The molecule has 0 saturated heterocycles. The molecule has 0 aliphatic rings. The van der Waals surface area contributed by atoms with Crippen LogP contribution in [0.2, 0.25) is 0 Å². The molecule has 0 unspecified atom stereocenters. The maximum Gasteiger partial charge on any atom is 0.257 e. The molecular weight excluding hydrogens is 296 g/mol. The molecule has 17 heavy (non-hydrogen) atoms. The third-order valence-electron chi connectivity index (χ3n) is 1.86. The summed E-state index contributed by atoms with van der Waals surface area (Å²) in [4.78, 5) is 3.99. The maximum absolute atomic E-state index is 12.1. The second kappa shape index (κ2) is 5.22. The molecule has 0 bridgehead atoms. The molecule has 2 heterocycles. The standard InChI is InChI=1S/C10H8BrF2N3O/c11-7-1-2-10(14-3-7)17-8-4-15-16(5-8)6-9(12)13/h1-5,9H,6H2. The van der Waals surface area contributed by atoms with E-state index in [0.29, 0.717) is 11.6 Å². The summed E-state index contributed by atoms with van der Waals surface area (Å²) in [5.41, 5.74) is 0. The summed E-state index contributed by atoms with van der Waals surface area (Å²) in [6.45, 7) is -0.447. The number of pyridine rings is 1. The van der Waals surface area contributed by atoms with Gasteiger partial charge in [0, 0.05) is 16.7 Å². The summed E-state index contributed by atoms with van der Waals surface area (Å²) in [5, 5.41) is 3.74. The average Bonchev–Trinajstić information content (AvgIpc) is 2.68. The number of nitrogens with zero attached hydrogens (tertiary/aromatic N) is 3. The van der Waals surface area contributed by atoms with Crippen molar-refractivity contribution < 1.29 is 13.5 Å². The van der Waals surface area contributed by atoms with Gasteiger partial charge in [0.15, 0.2) is 5.75 Å². The van der Waals surface area contributed by atoms with Crippen molar-refractivity contribution in [1.29, 1.82) is 0 Å². The largest absolute Gasteiger partial charge is 0.436 e. The Hall–Kier alpha value is -1.50. The zero-order valence-corrected chi connectivity index (χ0v) is 10.1. The third kappa shape index (κ3) is 3.48. The van der Waals surface area contributed by atoms with Crippen molar-refractivity contribution in [2.45, 2.75) is 13.0 Å². The molecule has 0 aliphatic heterocycles. The van der Waals surface area contributed by atoms with Gasteiger partial charge in [-0.2, -0.15) is 5.10 Å². The number of alkyl halides is 2. The highest BCUT2D eigenvalue weighted by atomic mass is 79.9. The molecule has 0 saturated carbocycles. The SMILES string of the molecule is FC(F)Cn1cc(Oc2ccc(Br)cn2)cn1. The number of hydrogen-bond donors (Lipinski definition) is 0. The van der Waals surface area contributed by atoms with Gasteiger partial charge in [-0.25, -0.2) is 13.8 Å². The molecule has 7 heteroatoms. The Balaban J connectivity index is 2.03. The van der Waals surface area contributed by atoms with Gasteiger partial charge >= 0.3 is 0 Å². The lowest BCUT2D eigenvalue weighted by Gasteiger charge is -2.01. The molecule has 0 aliphatic carbocycles. The van der Waals surface area contributed by atoms with Crippen LogP contribution in [0.3, 0.4) is 0 Å². The Morgan fingerprint density at radius 3 is 2.82 bits per heavy atom. The molecule has 2 aromatic rings. The minimum absolute atomic E-state index is 0.375. The first-order chi connectivity index (χ1) is 8.13. The second-order valence-electron chi connectivity index (χ2n) is 3.21. The van der Waals surface area contributed by atoms with Crippen LogP contribution >= 0.6 is 15.9 Å². The van der Waals surface area contributed by atoms with Gasteiger partial charge in [-0.15, -0.1) is 0 Å². The van der Waals surface area contributed by atoms with E-state index in [-0.39, 0.29) is 0 Å². The fourth-order valence-corrected chi connectivity index (χ4v) is 1.42. The highest BCUT2D eigenvalue weighted by molar-refractivity contribution is 9.10. The van der Waals surface area contributed by atoms with Crippen molar-refractivity contribution in [2.75, 3.05) is 0 Å². The zero-order chi connectivity index (χ0) is 12.3. The van der Waals surface area contributed by atoms with Crippen LogP contribution in [0.1, 0.15) is 0 Å². The van der Waals surface area contributed by atoms with Gasteiger partial charge in [0.05, 0.1) is 12.4 Å². The average molecular weight is 304 g/mol. The van der Waals surface area contributed by atoms with Crippen LogP contribution < -0.4 is 4.74 Å². The number of ether oxygens (including phenoxy) is 1. The van der Waals surface area contributed by atoms with Crippen molar-refractivity contribution in [3.05, 3.63) is 35.2 Å². The lowest BCUT2D eigenvalue weighted by Crippen LogP contribution is -2.06. The molecule has 0 aromatic carbocycles. The van der Waals surface area contributed by atoms with Crippen LogP contribution in [0.15, 0.2) is 35.2 Å². The molecule has 0 N–H and O–H groups in total. The molecule has 0 amide bonds. The van der Waals surface area contributed by atoms with E-state index < -0.39 is 13.0 Å². The summed E-state index contributed by atoms with van der Waals surface area (Å²) in [6.07, 6.45) is 1.91. The monoisotopic (exact) mass is 303 g/mol. The van der Waals surface area contributed by atoms with Crippen LogP contribution in [-0.4, -0.2) is 21.2 Å². The topological polar surface area (TPSA) is 39.9 Å². The Bertz CT molecular complexity index is 487. The predicted molar refractivity (Wildman–Crippen MR) is 60.2 cm³/mol. The van der Waals surface area contributed by atoms with Gasteiger partial charge in [0.2, 0.25) is 5.88 Å². The van der Waals surface area contributed by atoms with Crippen LogP contribution in [-0.2, 0) is 6.54 Å². The van der Waals surface area contributed by atoms with E-state index in [1.54, 1.807) is 18.3 Å². The predicted octanol–water partition coefficient (Wildman–Crippen LogP) is 3.10. The molecular formula is C10H8BrF2N3O. The summed E-state index contributed by atoms with van der Waals surface area (Å²) >= 11 is 3.24. The molecule has 4 nitrogen and oxygen atoms in total. The van der Waals surface area contributed by atoms with Gasteiger partial charge in [-0.1, -0.05) is 0 Å². The highest BCUT2D eigenvalue weighted by Gasteiger charge is 2.07. The number of hydrogen-bond acceptors (Lipinski definition) is 3. The minimum Gasteiger partial charge on any atom is -0.436 e. The lowest BCUT2D eigenvalue weighted by atomic mass is 10.5. The van der Waals surface area contributed by atoms with Crippen LogP contribution in [0.5, 0.6) is 11.6 Å². The lowest BCUT2D eigenvalue weighted by molar-refractivity contribution is 0.122. The molecule has 0 radical (unpaired) electrons. The van der Waals surface area contributed by atoms with Gasteiger partial charge in [-0.05, 0) is 22.0 Å². The summed E-state index contributed by atoms with van der Waals surface area (Å²) < 4.78 is 31.5. The van der Waals surface area contributed by atoms with Crippen LogP contribution in [0.25, 0.3) is 0 Å². The van der Waals surface area contributed by atoms with Gasteiger partial charge in [0.1, 0.15) is 6.54 Å². The zero-order valence-electron chi connectivity index (χ0n) is 8.55. The minimum atomic E-state index is -2.44. The normalized spacial score (nSPS) is 10.8. The molecule has 2 aromatic heterocycles. The van der Waals surface area contributed by atoms with Crippen molar-refractivity contribution in [2.24, 2.45) is 0 Å². The first-order valence-corrected chi connectivity index (χ1v) is 5.53. The quantitative estimate of drug-likeness (QED) is 0.871. The van der Waals surface area contributed by atoms with Crippen molar-refractivity contribution >= 4 is 15.9 Å². The Labute approximate surface area is 104 Å². The second-order valence-corrected chi connectivity index (χ2v) is 4.12. The summed E-state index contributed by atoms with van der Waals surface area (Å²) in [7, 11) is 0. The van der Waals surface area contributed by atoms with E-state index in [1.807, 2.05) is 0 Å². The van der Waals surface area contributed by atoms with Gasteiger partial charge in [0.25, 0.3) is 6.43 Å².